The van der Waals surface area contributed by atoms with Gasteiger partial charge in [0, 0.05) is 10.0 Å². The van der Waals surface area contributed by atoms with Gasteiger partial charge in [-0.25, -0.2) is 0 Å². The Morgan fingerprint density at radius 3 is 2.04 bits per heavy atom. The number of nitriles is 1. The van der Waals surface area contributed by atoms with Gasteiger partial charge in [0.25, 0.3) is 0 Å². The Morgan fingerprint density at radius 2 is 1.37 bits per heavy atom. The van der Waals surface area contributed by atoms with Crippen LogP contribution in [-0.4, -0.2) is 10.2 Å². The van der Waals surface area contributed by atoms with E-state index in [1.807, 2.05) is 0 Å². The number of aliphatic hydroxyl groups excluding tert-OH is 2. The highest BCUT2D eigenvalue weighted by molar-refractivity contribution is 9.10. The first-order valence-electron chi connectivity index (χ1n) is 8.12. The number of halogens is 1. The Morgan fingerprint density at radius 1 is 0.778 bits per heavy atom. The van der Waals surface area contributed by atoms with Gasteiger partial charge < -0.3 is 19.7 Å². The van der Waals surface area contributed by atoms with Crippen molar-refractivity contribution in [3.05, 3.63) is 81.8 Å². The van der Waals surface area contributed by atoms with Gasteiger partial charge in [-0.1, -0.05) is 15.9 Å². The summed E-state index contributed by atoms with van der Waals surface area (Å²) in [5, 5.41) is 27.9. The van der Waals surface area contributed by atoms with E-state index >= 15 is 0 Å². The van der Waals surface area contributed by atoms with Crippen molar-refractivity contribution in [2.24, 2.45) is 0 Å². The van der Waals surface area contributed by atoms with Crippen molar-refractivity contribution < 1.29 is 19.7 Å². The molecule has 6 heteroatoms. The molecule has 0 bridgehead atoms. The number of aliphatic hydroxyl groups is 2. The van der Waals surface area contributed by atoms with E-state index in [0.29, 0.717) is 39.7 Å². The fraction of sp³-hybridized carbons (Fsp3) is 0.0952. The van der Waals surface area contributed by atoms with Crippen LogP contribution < -0.4 is 9.47 Å². The van der Waals surface area contributed by atoms with Crippen molar-refractivity contribution in [3.63, 3.8) is 0 Å². The van der Waals surface area contributed by atoms with Crippen molar-refractivity contribution >= 4 is 15.9 Å². The van der Waals surface area contributed by atoms with Crippen LogP contribution in [0.5, 0.6) is 23.0 Å². The highest BCUT2D eigenvalue weighted by Crippen LogP contribution is 2.32. The molecule has 136 valence electrons. The molecule has 0 aliphatic heterocycles. The van der Waals surface area contributed by atoms with Crippen LogP contribution in [0, 0.1) is 11.3 Å². The summed E-state index contributed by atoms with van der Waals surface area (Å²) in [7, 11) is 0. The Labute approximate surface area is 165 Å². The molecule has 0 aliphatic rings. The molecule has 2 N–H and O–H groups in total. The predicted octanol–water partition coefficient (Wildman–Crippen LogP) is 4.89. The molecule has 0 heterocycles. The molecule has 0 saturated heterocycles. The zero-order chi connectivity index (χ0) is 19.2. The minimum absolute atomic E-state index is 0.109. The maximum Gasteiger partial charge on any atom is 0.133 e. The largest absolute Gasteiger partial charge is 0.457 e. The van der Waals surface area contributed by atoms with Crippen LogP contribution in [0.15, 0.2) is 65.1 Å². The summed E-state index contributed by atoms with van der Waals surface area (Å²) in [6.45, 7) is -0.328. The number of ether oxygens (including phenoxy) is 2. The first-order chi connectivity index (χ1) is 13.1. The summed E-state index contributed by atoms with van der Waals surface area (Å²) >= 11 is 3.36. The Balaban J connectivity index is 1.80. The zero-order valence-electron chi connectivity index (χ0n) is 14.2. The van der Waals surface area contributed by atoms with E-state index in [1.54, 1.807) is 60.7 Å². The van der Waals surface area contributed by atoms with Gasteiger partial charge in [-0.15, -0.1) is 0 Å². The lowest BCUT2D eigenvalue weighted by atomic mass is 10.2. The fourth-order valence-electron chi connectivity index (χ4n) is 2.44. The molecule has 0 spiro atoms. The predicted molar refractivity (Wildman–Crippen MR) is 104 cm³/mol. The summed E-state index contributed by atoms with van der Waals surface area (Å²) in [6, 6.07) is 19.2. The molecule has 0 aromatic heterocycles. The quantitative estimate of drug-likeness (QED) is 0.587. The van der Waals surface area contributed by atoms with E-state index in [2.05, 4.69) is 22.0 Å². The highest BCUT2D eigenvalue weighted by atomic mass is 79.9. The number of hydrogen-bond acceptors (Lipinski definition) is 5. The molecule has 0 fully saturated rings. The van der Waals surface area contributed by atoms with E-state index < -0.39 is 0 Å². The second-order valence-electron chi connectivity index (χ2n) is 5.68. The van der Waals surface area contributed by atoms with E-state index in [9.17, 15) is 10.2 Å². The molecular formula is C21H16BrNO4. The van der Waals surface area contributed by atoms with Crippen LogP contribution in [0.25, 0.3) is 0 Å². The van der Waals surface area contributed by atoms with Crippen LogP contribution in [0.2, 0.25) is 0 Å². The summed E-state index contributed by atoms with van der Waals surface area (Å²) in [5.41, 5.74) is 1.83. The monoisotopic (exact) mass is 425 g/mol. The highest BCUT2D eigenvalue weighted by Gasteiger charge is 2.09. The number of nitrogens with zero attached hydrogens (tertiary/aromatic N) is 1. The Hall–Kier alpha value is -2.85. The second kappa shape index (κ2) is 8.69. The number of benzene rings is 3. The minimum atomic E-state index is -0.219. The van der Waals surface area contributed by atoms with Gasteiger partial charge in [0.05, 0.1) is 24.8 Å². The smallest absolute Gasteiger partial charge is 0.133 e. The fourth-order valence-corrected chi connectivity index (χ4v) is 2.81. The van der Waals surface area contributed by atoms with Crippen LogP contribution in [-0.2, 0) is 13.2 Å². The Kier molecular flexibility index (Phi) is 6.09. The molecular weight excluding hydrogens is 410 g/mol. The van der Waals surface area contributed by atoms with E-state index in [0.717, 1.165) is 4.47 Å². The molecule has 0 radical (unpaired) electrons. The first kappa shape index (κ1) is 18.9. The normalized spacial score (nSPS) is 10.3. The van der Waals surface area contributed by atoms with Gasteiger partial charge >= 0.3 is 0 Å². The molecule has 5 nitrogen and oxygen atoms in total. The maximum atomic E-state index is 9.68. The average Bonchev–Trinajstić information content (AvgIpc) is 2.71. The van der Waals surface area contributed by atoms with E-state index in [-0.39, 0.29) is 13.2 Å². The molecule has 0 aliphatic carbocycles. The molecule has 0 amide bonds. The number of hydrogen-bond donors (Lipinski definition) is 2. The van der Waals surface area contributed by atoms with Gasteiger partial charge in [-0.3, -0.25) is 0 Å². The van der Waals surface area contributed by atoms with Gasteiger partial charge in [0.1, 0.15) is 23.0 Å². The average molecular weight is 426 g/mol. The molecule has 3 rings (SSSR count). The minimum Gasteiger partial charge on any atom is -0.457 e. The molecule has 0 atom stereocenters. The summed E-state index contributed by atoms with van der Waals surface area (Å²) in [5.74, 6) is 2.18. The van der Waals surface area contributed by atoms with Crippen molar-refractivity contribution in [2.45, 2.75) is 13.2 Å². The van der Waals surface area contributed by atoms with Crippen LogP contribution in [0.4, 0.5) is 0 Å². The second-order valence-corrected chi connectivity index (χ2v) is 6.53. The summed E-state index contributed by atoms with van der Waals surface area (Å²) in [4.78, 5) is 0. The van der Waals surface area contributed by atoms with Crippen molar-refractivity contribution in [3.8, 4) is 29.1 Å². The molecule has 27 heavy (non-hydrogen) atoms. The van der Waals surface area contributed by atoms with Gasteiger partial charge in [0.2, 0.25) is 0 Å². The summed E-state index contributed by atoms with van der Waals surface area (Å²) < 4.78 is 12.4. The first-order valence-corrected chi connectivity index (χ1v) is 8.91. The van der Waals surface area contributed by atoms with Gasteiger partial charge in [-0.2, -0.15) is 5.26 Å². The van der Waals surface area contributed by atoms with Crippen LogP contribution >= 0.6 is 15.9 Å². The van der Waals surface area contributed by atoms with Crippen LogP contribution in [0.1, 0.15) is 16.7 Å². The molecule has 3 aromatic rings. The lowest BCUT2D eigenvalue weighted by Crippen LogP contribution is -1.95. The van der Waals surface area contributed by atoms with Gasteiger partial charge in [0.15, 0.2) is 0 Å². The third-order valence-electron chi connectivity index (χ3n) is 3.84. The van der Waals surface area contributed by atoms with Crippen molar-refractivity contribution in [1.29, 1.82) is 5.26 Å². The standard InChI is InChI=1S/C21H16BrNO4/c22-20-7-5-19(9-15(20)12-24)27-21-8-6-18(10-16(21)13-25)26-17-3-1-14(11-23)2-4-17/h1-10,24-25H,12-13H2. The van der Waals surface area contributed by atoms with Gasteiger partial charge in [-0.05, 0) is 66.2 Å². The molecule has 3 aromatic carbocycles. The molecule has 0 saturated carbocycles. The van der Waals surface area contributed by atoms with Crippen molar-refractivity contribution in [2.75, 3.05) is 0 Å². The van der Waals surface area contributed by atoms with E-state index in [4.69, 9.17) is 14.7 Å². The zero-order valence-corrected chi connectivity index (χ0v) is 15.8. The van der Waals surface area contributed by atoms with Crippen molar-refractivity contribution in [1.82, 2.24) is 0 Å². The third-order valence-corrected chi connectivity index (χ3v) is 4.61. The SMILES string of the molecule is N#Cc1ccc(Oc2ccc(Oc3ccc(Br)c(CO)c3)c(CO)c2)cc1. The lowest BCUT2D eigenvalue weighted by Gasteiger charge is -2.13. The lowest BCUT2D eigenvalue weighted by molar-refractivity contribution is 0.275. The number of rotatable bonds is 6. The van der Waals surface area contributed by atoms with Crippen LogP contribution in [0.3, 0.4) is 0 Å². The third kappa shape index (κ3) is 4.66. The molecule has 0 unspecified atom stereocenters. The van der Waals surface area contributed by atoms with E-state index in [1.165, 1.54) is 0 Å². The Bertz CT molecular complexity index is 980. The maximum absolute atomic E-state index is 9.68. The summed E-state index contributed by atoms with van der Waals surface area (Å²) in [6.07, 6.45) is 0. The topological polar surface area (TPSA) is 82.7 Å².